The molecule has 1 unspecified atom stereocenters. The number of nitrogens with zero attached hydrogens (tertiary/aromatic N) is 1. The molecule has 1 aliphatic heterocycles. The van der Waals surface area contributed by atoms with Crippen LogP contribution < -0.4 is 4.74 Å². The predicted octanol–water partition coefficient (Wildman–Crippen LogP) is 3.15. The summed E-state index contributed by atoms with van der Waals surface area (Å²) >= 11 is 0. The summed E-state index contributed by atoms with van der Waals surface area (Å²) in [6.45, 7) is 4.03. The van der Waals surface area contributed by atoms with Crippen LogP contribution in [0.4, 0.5) is 0 Å². The van der Waals surface area contributed by atoms with Crippen LogP contribution in [0.3, 0.4) is 0 Å². The highest BCUT2D eigenvalue weighted by Crippen LogP contribution is 2.33. The van der Waals surface area contributed by atoms with Crippen molar-refractivity contribution >= 4 is 16.7 Å². The van der Waals surface area contributed by atoms with E-state index < -0.39 is 11.4 Å². The normalized spacial score (nSPS) is 22.1. The van der Waals surface area contributed by atoms with E-state index in [2.05, 4.69) is 23.1 Å². The summed E-state index contributed by atoms with van der Waals surface area (Å²) in [7, 11) is 1.68. The second-order valence-electron chi connectivity index (χ2n) is 6.30. The smallest absolute Gasteiger partial charge is 0.310 e. The van der Waals surface area contributed by atoms with E-state index in [1.54, 1.807) is 7.11 Å². The average molecular weight is 299 g/mol. The van der Waals surface area contributed by atoms with Crippen molar-refractivity contribution in [3.05, 3.63) is 42.0 Å². The topological polar surface area (TPSA) is 49.8 Å². The monoisotopic (exact) mass is 299 g/mol. The molecular weight excluding hydrogens is 278 g/mol. The summed E-state index contributed by atoms with van der Waals surface area (Å²) in [5.74, 6) is 0.172. The standard InChI is InChI=1S/C18H21NO3/c1-18(17(20)21)9-10-19(12-18)11-13-7-8-16(22-2)15-6-4-3-5-14(13)15/h3-8H,9-12H2,1-2H3,(H,20,21). The zero-order valence-electron chi connectivity index (χ0n) is 13.0. The second kappa shape index (κ2) is 5.61. The molecule has 2 aromatic carbocycles. The first-order valence-electron chi connectivity index (χ1n) is 7.54. The van der Waals surface area contributed by atoms with Crippen LogP contribution in [0, 0.1) is 5.41 Å². The van der Waals surface area contributed by atoms with Gasteiger partial charge in [0.15, 0.2) is 0 Å². The SMILES string of the molecule is COc1ccc(CN2CCC(C)(C(=O)O)C2)c2ccccc12. The molecule has 0 aromatic heterocycles. The fraction of sp³-hybridized carbons (Fsp3) is 0.389. The molecule has 1 fully saturated rings. The molecule has 3 rings (SSSR count). The predicted molar refractivity (Wildman–Crippen MR) is 86.1 cm³/mol. The van der Waals surface area contributed by atoms with Gasteiger partial charge < -0.3 is 9.84 Å². The summed E-state index contributed by atoms with van der Waals surface area (Å²) in [6.07, 6.45) is 0.705. The number of carbonyl (C=O) groups is 1. The molecule has 0 radical (unpaired) electrons. The summed E-state index contributed by atoms with van der Waals surface area (Å²) in [5.41, 5.74) is 0.591. The van der Waals surface area contributed by atoms with Crippen molar-refractivity contribution in [3.63, 3.8) is 0 Å². The molecule has 1 N–H and O–H groups in total. The molecule has 0 aliphatic carbocycles. The van der Waals surface area contributed by atoms with E-state index in [9.17, 15) is 9.90 Å². The minimum atomic E-state index is -0.699. The van der Waals surface area contributed by atoms with E-state index in [4.69, 9.17) is 4.74 Å². The van der Waals surface area contributed by atoms with Crippen LogP contribution in [0.15, 0.2) is 36.4 Å². The Kier molecular flexibility index (Phi) is 3.79. The maximum absolute atomic E-state index is 11.4. The van der Waals surface area contributed by atoms with E-state index in [0.717, 1.165) is 24.2 Å². The minimum Gasteiger partial charge on any atom is -0.496 e. The van der Waals surface area contributed by atoms with Crippen molar-refractivity contribution in [2.45, 2.75) is 19.9 Å². The molecule has 1 aliphatic rings. The molecule has 0 amide bonds. The van der Waals surface area contributed by atoms with Crippen molar-refractivity contribution in [1.82, 2.24) is 4.90 Å². The van der Waals surface area contributed by atoms with Gasteiger partial charge >= 0.3 is 5.97 Å². The van der Waals surface area contributed by atoms with Gasteiger partial charge in [-0.2, -0.15) is 0 Å². The van der Waals surface area contributed by atoms with Crippen molar-refractivity contribution < 1.29 is 14.6 Å². The number of hydrogen-bond acceptors (Lipinski definition) is 3. The number of rotatable bonds is 4. The van der Waals surface area contributed by atoms with Crippen LogP contribution in [-0.2, 0) is 11.3 Å². The zero-order valence-corrected chi connectivity index (χ0v) is 13.0. The summed E-state index contributed by atoms with van der Waals surface area (Å²) in [5, 5.41) is 11.6. The molecule has 4 nitrogen and oxygen atoms in total. The lowest BCUT2D eigenvalue weighted by molar-refractivity contribution is -0.147. The lowest BCUT2D eigenvalue weighted by atomic mass is 9.90. The first-order valence-corrected chi connectivity index (χ1v) is 7.54. The van der Waals surface area contributed by atoms with Gasteiger partial charge in [0.2, 0.25) is 0 Å². The fourth-order valence-corrected chi connectivity index (χ4v) is 3.26. The number of likely N-dealkylation sites (tertiary alicyclic amines) is 1. The van der Waals surface area contributed by atoms with E-state index in [0.29, 0.717) is 13.0 Å². The lowest BCUT2D eigenvalue weighted by Gasteiger charge is -2.21. The number of aliphatic carboxylic acids is 1. The van der Waals surface area contributed by atoms with Gasteiger partial charge in [-0.25, -0.2) is 0 Å². The number of methoxy groups -OCH3 is 1. The third-order valence-electron chi connectivity index (χ3n) is 4.66. The molecule has 2 aromatic rings. The molecular formula is C18H21NO3. The highest BCUT2D eigenvalue weighted by Gasteiger charge is 2.40. The van der Waals surface area contributed by atoms with Crippen molar-refractivity contribution in [2.24, 2.45) is 5.41 Å². The number of fused-ring (bicyclic) bond motifs is 1. The molecule has 0 spiro atoms. The van der Waals surface area contributed by atoms with E-state index in [1.165, 1.54) is 10.9 Å². The van der Waals surface area contributed by atoms with Crippen molar-refractivity contribution in [1.29, 1.82) is 0 Å². The molecule has 1 atom stereocenters. The molecule has 1 heterocycles. The molecule has 0 bridgehead atoms. The van der Waals surface area contributed by atoms with Gasteiger partial charge in [0, 0.05) is 18.5 Å². The zero-order chi connectivity index (χ0) is 15.7. The molecule has 0 saturated carbocycles. The van der Waals surface area contributed by atoms with Crippen LogP contribution in [0.2, 0.25) is 0 Å². The lowest BCUT2D eigenvalue weighted by Crippen LogP contribution is -2.31. The van der Waals surface area contributed by atoms with Gasteiger partial charge in [-0.15, -0.1) is 0 Å². The Morgan fingerprint density at radius 2 is 2.00 bits per heavy atom. The molecule has 22 heavy (non-hydrogen) atoms. The van der Waals surface area contributed by atoms with Gasteiger partial charge in [-0.3, -0.25) is 9.69 Å². The number of carboxylic acids is 1. The molecule has 1 saturated heterocycles. The van der Waals surface area contributed by atoms with E-state index >= 15 is 0 Å². The summed E-state index contributed by atoms with van der Waals surface area (Å²) in [6, 6.07) is 12.3. The average Bonchev–Trinajstić information content (AvgIpc) is 2.90. The van der Waals surface area contributed by atoms with E-state index in [-0.39, 0.29) is 0 Å². The highest BCUT2D eigenvalue weighted by atomic mass is 16.5. The van der Waals surface area contributed by atoms with Gasteiger partial charge in [0.1, 0.15) is 5.75 Å². The Balaban J connectivity index is 1.88. The largest absolute Gasteiger partial charge is 0.496 e. The Labute approximate surface area is 130 Å². The van der Waals surface area contributed by atoms with Crippen LogP contribution in [0.25, 0.3) is 10.8 Å². The number of benzene rings is 2. The molecule has 116 valence electrons. The van der Waals surface area contributed by atoms with Crippen molar-refractivity contribution in [2.75, 3.05) is 20.2 Å². The quantitative estimate of drug-likeness (QED) is 0.942. The summed E-state index contributed by atoms with van der Waals surface area (Å²) in [4.78, 5) is 13.6. The maximum Gasteiger partial charge on any atom is 0.310 e. The van der Waals surface area contributed by atoms with Gasteiger partial charge in [0.25, 0.3) is 0 Å². The highest BCUT2D eigenvalue weighted by molar-refractivity contribution is 5.91. The second-order valence-corrected chi connectivity index (χ2v) is 6.30. The van der Waals surface area contributed by atoms with Gasteiger partial charge in [0.05, 0.1) is 12.5 Å². The van der Waals surface area contributed by atoms with Crippen LogP contribution >= 0.6 is 0 Å². The van der Waals surface area contributed by atoms with Gasteiger partial charge in [-0.05, 0) is 36.9 Å². The van der Waals surface area contributed by atoms with Gasteiger partial charge in [-0.1, -0.05) is 30.3 Å². The molecule has 4 heteroatoms. The Morgan fingerprint density at radius 3 is 2.64 bits per heavy atom. The van der Waals surface area contributed by atoms with E-state index in [1.807, 2.05) is 25.1 Å². The third kappa shape index (κ3) is 2.55. The first kappa shape index (κ1) is 14.9. The van der Waals surface area contributed by atoms with Crippen LogP contribution in [0.5, 0.6) is 5.75 Å². The van der Waals surface area contributed by atoms with Crippen molar-refractivity contribution in [3.8, 4) is 5.75 Å². The summed E-state index contributed by atoms with van der Waals surface area (Å²) < 4.78 is 5.43. The van der Waals surface area contributed by atoms with Crippen LogP contribution in [0.1, 0.15) is 18.9 Å². The Hall–Kier alpha value is -2.07. The minimum absolute atomic E-state index is 0.600. The van der Waals surface area contributed by atoms with Crippen LogP contribution in [-0.4, -0.2) is 36.2 Å². The first-order chi connectivity index (χ1) is 10.5. The number of ether oxygens (including phenoxy) is 1. The fourth-order valence-electron chi connectivity index (χ4n) is 3.26. The third-order valence-corrected chi connectivity index (χ3v) is 4.66. The maximum atomic E-state index is 11.4. The Bertz CT molecular complexity index is 713. The number of carboxylic acid groups (broad SMARTS) is 1. The number of hydrogen-bond donors (Lipinski definition) is 1. The Morgan fingerprint density at radius 1 is 1.27 bits per heavy atom.